The van der Waals surface area contributed by atoms with Crippen LogP contribution >= 0.6 is 22.9 Å². The van der Waals surface area contributed by atoms with Crippen LogP contribution in [0, 0.1) is 5.82 Å². The molecule has 5 nitrogen and oxygen atoms in total. The van der Waals surface area contributed by atoms with Crippen molar-refractivity contribution < 1.29 is 19.1 Å². The van der Waals surface area contributed by atoms with E-state index in [-0.39, 0.29) is 16.3 Å². The number of benzene rings is 3. The number of carbonyl (C=O) groups is 2. The van der Waals surface area contributed by atoms with Crippen molar-refractivity contribution in [2.45, 2.75) is 6.04 Å². The van der Waals surface area contributed by atoms with Crippen LogP contribution in [0.4, 0.5) is 9.52 Å². The van der Waals surface area contributed by atoms with E-state index < -0.39 is 29.3 Å². The Balaban J connectivity index is 1.62. The lowest BCUT2D eigenvalue weighted by Gasteiger charge is -2.24. The maximum absolute atomic E-state index is 14.9. The average Bonchev–Trinajstić information content (AvgIpc) is 3.36. The number of anilines is 1. The zero-order valence-corrected chi connectivity index (χ0v) is 19.1. The SMILES string of the molecule is O=C(C=Cc1ccccc1)C1=C(O)C(=O)N(c2nc3ccc(Cl)cc3s2)C1c1ccccc1F. The van der Waals surface area contributed by atoms with Gasteiger partial charge in [0.2, 0.25) is 0 Å². The van der Waals surface area contributed by atoms with Crippen LogP contribution < -0.4 is 4.90 Å². The number of ketones is 1. The first kappa shape index (κ1) is 22.0. The predicted octanol–water partition coefficient (Wildman–Crippen LogP) is 6.27. The Morgan fingerprint density at radius 1 is 1.09 bits per heavy atom. The molecule has 0 aliphatic carbocycles. The standard InChI is InChI=1S/C26H16ClFN2O3S/c27-16-11-12-19-21(14-16)34-26(29-19)30-23(17-8-4-5-9-18(17)28)22(24(32)25(30)33)20(31)13-10-15-6-2-1-3-7-15/h1-14,23,32H. The number of thiazole rings is 1. The van der Waals surface area contributed by atoms with E-state index in [0.717, 1.165) is 21.8 Å². The number of hydrogen-bond acceptors (Lipinski definition) is 5. The number of nitrogens with zero attached hydrogens (tertiary/aromatic N) is 2. The van der Waals surface area contributed by atoms with Gasteiger partial charge in [0.15, 0.2) is 16.7 Å². The van der Waals surface area contributed by atoms with E-state index in [9.17, 15) is 19.1 Å². The fourth-order valence-electron chi connectivity index (χ4n) is 3.86. The molecule has 3 aromatic carbocycles. The number of rotatable bonds is 5. The van der Waals surface area contributed by atoms with Crippen molar-refractivity contribution in [3.05, 3.63) is 112 Å². The lowest BCUT2D eigenvalue weighted by atomic mass is 9.95. The Kier molecular flexibility index (Phi) is 5.73. The van der Waals surface area contributed by atoms with E-state index in [2.05, 4.69) is 4.98 Å². The number of aliphatic hydroxyl groups excluding tert-OH is 1. The molecule has 0 fully saturated rings. The van der Waals surface area contributed by atoms with E-state index in [4.69, 9.17) is 11.6 Å². The van der Waals surface area contributed by atoms with Crippen molar-refractivity contribution >= 4 is 56.1 Å². The topological polar surface area (TPSA) is 70.5 Å². The molecule has 1 aliphatic rings. The molecule has 8 heteroatoms. The summed E-state index contributed by atoms with van der Waals surface area (Å²) in [6.45, 7) is 0. The molecular formula is C26H16ClFN2O3S. The summed E-state index contributed by atoms with van der Waals surface area (Å²) in [5.41, 5.74) is 1.23. The zero-order chi connectivity index (χ0) is 23.8. The van der Waals surface area contributed by atoms with Crippen LogP contribution in [0.5, 0.6) is 0 Å². The van der Waals surface area contributed by atoms with Gasteiger partial charge >= 0.3 is 0 Å². The molecule has 0 radical (unpaired) electrons. The molecule has 0 spiro atoms. The van der Waals surface area contributed by atoms with E-state index in [1.807, 2.05) is 30.3 Å². The minimum atomic E-state index is -1.18. The Morgan fingerprint density at radius 3 is 2.59 bits per heavy atom. The van der Waals surface area contributed by atoms with Gasteiger partial charge in [-0.1, -0.05) is 77.5 Å². The number of amides is 1. The van der Waals surface area contributed by atoms with Crippen LogP contribution in [0.25, 0.3) is 16.3 Å². The number of hydrogen-bond donors (Lipinski definition) is 1. The second kappa shape index (κ2) is 8.85. The molecular weight excluding hydrogens is 475 g/mol. The Hall–Kier alpha value is -3.81. The van der Waals surface area contributed by atoms with Gasteiger partial charge in [0.1, 0.15) is 11.9 Å². The molecule has 168 valence electrons. The highest BCUT2D eigenvalue weighted by molar-refractivity contribution is 7.22. The van der Waals surface area contributed by atoms with E-state index in [1.165, 1.54) is 24.3 Å². The maximum atomic E-state index is 14.9. The highest BCUT2D eigenvalue weighted by atomic mass is 35.5. The van der Waals surface area contributed by atoms with Crippen LogP contribution in [0.15, 0.2) is 90.2 Å². The molecule has 1 aromatic heterocycles. The first-order chi connectivity index (χ1) is 16.4. The first-order valence-electron chi connectivity index (χ1n) is 10.3. The lowest BCUT2D eigenvalue weighted by Crippen LogP contribution is -2.31. The molecule has 34 heavy (non-hydrogen) atoms. The molecule has 1 unspecified atom stereocenters. The van der Waals surface area contributed by atoms with Crippen molar-refractivity contribution in [3.63, 3.8) is 0 Å². The van der Waals surface area contributed by atoms with Gasteiger partial charge < -0.3 is 5.11 Å². The second-order valence-electron chi connectivity index (χ2n) is 7.58. The molecule has 1 N–H and O–H groups in total. The summed E-state index contributed by atoms with van der Waals surface area (Å²) in [6.07, 6.45) is 2.84. The molecule has 4 aromatic rings. The van der Waals surface area contributed by atoms with Crippen molar-refractivity contribution in [1.29, 1.82) is 0 Å². The predicted molar refractivity (Wildman–Crippen MR) is 131 cm³/mol. The Labute approximate surface area is 203 Å². The summed E-state index contributed by atoms with van der Waals surface area (Å²) >= 11 is 7.25. The quantitative estimate of drug-likeness (QED) is 0.335. The van der Waals surface area contributed by atoms with E-state index >= 15 is 0 Å². The summed E-state index contributed by atoms with van der Waals surface area (Å²) in [5.74, 6) is -2.76. The number of allylic oxidation sites excluding steroid dienone is 1. The van der Waals surface area contributed by atoms with Gasteiger partial charge in [-0.15, -0.1) is 0 Å². The Morgan fingerprint density at radius 2 is 1.82 bits per heavy atom. The molecule has 5 rings (SSSR count). The van der Waals surface area contributed by atoms with Gasteiger partial charge in [0.05, 0.1) is 15.8 Å². The average molecular weight is 491 g/mol. The van der Waals surface area contributed by atoms with Gasteiger partial charge in [-0.05, 0) is 35.9 Å². The molecule has 1 amide bonds. The van der Waals surface area contributed by atoms with Crippen LogP contribution in [0.3, 0.4) is 0 Å². The van der Waals surface area contributed by atoms with Crippen molar-refractivity contribution in [2.24, 2.45) is 0 Å². The molecule has 0 bridgehead atoms. The first-order valence-corrected chi connectivity index (χ1v) is 11.5. The van der Waals surface area contributed by atoms with Gasteiger partial charge in [0.25, 0.3) is 5.91 Å². The third-order valence-electron chi connectivity index (χ3n) is 5.45. The minimum Gasteiger partial charge on any atom is -0.503 e. The van der Waals surface area contributed by atoms with Crippen LogP contribution in [-0.4, -0.2) is 21.8 Å². The van der Waals surface area contributed by atoms with Crippen LogP contribution in [0.1, 0.15) is 17.2 Å². The monoisotopic (exact) mass is 490 g/mol. The van der Waals surface area contributed by atoms with E-state index in [0.29, 0.717) is 15.2 Å². The fourth-order valence-corrected chi connectivity index (χ4v) is 5.13. The number of aromatic nitrogens is 1. The van der Waals surface area contributed by atoms with Gasteiger partial charge in [0, 0.05) is 10.6 Å². The highest BCUT2D eigenvalue weighted by Gasteiger charge is 2.46. The van der Waals surface area contributed by atoms with Crippen LogP contribution in [0.2, 0.25) is 5.02 Å². The number of halogens is 2. The van der Waals surface area contributed by atoms with E-state index in [1.54, 1.807) is 30.3 Å². The molecule has 1 atom stereocenters. The lowest BCUT2D eigenvalue weighted by molar-refractivity contribution is -0.117. The maximum Gasteiger partial charge on any atom is 0.296 e. The van der Waals surface area contributed by atoms with Gasteiger partial charge in [-0.25, -0.2) is 9.37 Å². The smallest absolute Gasteiger partial charge is 0.296 e. The van der Waals surface area contributed by atoms with Crippen molar-refractivity contribution in [3.8, 4) is 0 Å². The van der Waals surface area contributed by atoms with Crippen molar-refractivity contribution in [2.75, 3.05) is 4.90 Å². The number of aliphatic hydroxyl groups is 1. The summed E-state index contributed by atoms with van der Waals surface area (Å²) in [5, 5.41) is 11.5. The zero-order valence-electron chi connectivity index (χ0n) is 17.5. The minimum absolute atomic E-state index is 0.0775. The summed E-state index contributed by atoms with van der Waals surface area (Å²) in [6, 6.07) is 18.9. The number of fused-ring (bicyclic) bond motifs is 1. The third-order valence-corrected chi connectivity index (χ3v) is 6.70. The van der Waals surface area contributed by atoms with Crippen molar-refractivity contribution in [1.82, 2.24) is 4.98 Å². The normalized spacial score (nSPS) is 16.2. The third kappa shape index (κ3) is 3.89. The van der Waals surface area contributed by atoms with Crippen LogP contribution in [-0.2, 0) is 9.59 Å². The number of carbonyl (C=O) groups excluding carboxylic acids is 2. The van der Waals surface area contributed by atoms with Gasteiger partial charge in [-0.2, -0.15) is 0 Å². The Bertz CT molecular complexity index is 1500. The van der Waals surface area contributed by atoms with Gasteiger partial charge in [-0.3, -0.25) is 14.5 Å². The molecule has 0 saturated carbocycles. The molecule has 2 heterocycles. The largest absolute Gasteiger partial charge is 0.503 e. The second-order valence-corrected chi connectivity index (χ2v) is 9.02. The summed E-state index contributed by atoms with van der Waals surface area (Å²) in [4.78, 5) is 32.1. The summed E-state index contributed by atoms with van der Waals surface area (Å²) in [7, 11) is 0. The highest BCUT2D eigenvalue weighted by Crippen LogP contribution is 2.44. The molecule has 1 aliphatic heterocycles. The molecule has 0 saturated heterocycles. The summed E-state index contributed by atoms with van der Waals surface area (Å²) < 4.78 is 15.6. The fraction of sp³-hybridized carbons (Fsp3) is 0.0385.